The van der Waals surface area contributed by atoms with Gasteiger partial charge in [-0.05, 0) is 49.5 Å². The number of carbonyl (C=O) groups excluding carboxylic acids is 1. The third kappa shape index (κ3) is 4.61. The summed E-state index contributed by atoms with van der Waals surface area (Å²) in [6.45, 7) is 6.58. The van der Waals surface area contributed by atoms with Gasteiger partial charge >= 0.3 is 0 Å². The molecule has 2 N–H and O–H groups in total. The number of aromatic amines is 1. The highest BCUT2D eigenvalue weighted by Crippen LogP contribution is 2.17. The normalized spacial score (nSPS) is 10.8. The fourth-order valence-electron chi connectivity index (χ4n) is 2.76. The Balaban J connectivity index is 1.67. The molecule has 0 unspecified atom stereocenters. The molecule has 0 bridgehead atoms. The van der Waals surface area contributed by atoms with E-state index in [9.17, 15) is 9.59 Å². The van der Waals surface area contributed by atoms with Gasteiger partial charge in [0, 0.05) is 29.3 Å². The number of H-pyrrole nitrogens is 1. The van der Waals surface area contributed by atoms with E-state index < -0.39 is 0 Å². The molecule has 0 aliphatic rings. The first-order valence-corrected chi connectivity index (χ1v) is 10.2. The van der Waals surface area contributed by atoms with Gasteiger partial charge in [-0.2, -0.15) is 0 Å². The number of carbonyl (C=O) groups is 1. The van der Waals surface area contributed by atoms with E-state index in [1.807, 2.05) is 0 Å². The minimum Gasteiger partial charge on any atom is -0.351 e. The van der Waals surface area contributed by atoms with E-state index >= 15 is 0 Å². The summed E-state index contributed by atoms with van der Waals surface area (Å²) in [6.07, 6.45) is 1.62. The summed E-state index contributed by atoms with van der Waals surface area (Å²) in [6, 6.07) is 13.3. The lowest BCUT2D eigenvalue weighted by molar-refractivity contribution is 0.0956. The third-order valence-corrected chi connectivity index (χ3v) is 5.57. The first-order chi connectivity index (χ1) is 13.5. The number of nitrogens with zero attached hydrogens (tertiary/aromatic N) is 1. The summed E-state index contributed by atoms with van der Waals surface area (Å²) in [5, 5.41) is 3.40. The van der Waals surface area contributed by atoms with Gasteiger partial charge in [0.25, 0.3) is 11.5 Å². The van der Waals surface area contributed by atoms with Crippen molar-refractivity contribution < 1.29 is 4.79 Å². The number of aryl methyl sites for hydroxylation is 1. The molecule has 0 fully saturated rings. The zero-order valence-electron chi connectivity index (χ0n) is 15.5. The quantitative estimate of drug-likeness (QED) is 0.266. The number of rotatable bonds is 7. The second-order valence-electron chi connectivity index (χ2n) is 6.31. The Morgan fingerprint density at radius 1 is 1.29 bits per heavy atom. The van der Waals surface area contributed by atoms with Crippen LogP contribution in [0.2, 0.25) is 0 Å². The lowest BCUT2D eigenvalue weighted by Gasteiger charge is -2.08. The molecule has 3 aromatic rings. The molecule has 0 radical (unpaired) electrons. The van der Waals surface area contributed by atoms with E-state index in [4.69, 9.17) is 12.2 Å². The topological polar surface area (TPSA) is 66.9 Å². The number of hydrogen-bond donors (Lipinski definition) is 2. The molecule has 28 heavy (non-hydrogen) atoms. The zero-order chi connectivity index (χ0) is 20.1. The summed E-state index contributed by atoms with van der Waals surface area (Å²) in [7, 11) is 0. The van der Waals surface area contributed by atoms with E-state index in [0.29, 0.717) is 34.3 Å². The van der Waals surface area contributed by atoms with Crippen LogP contribution in [-0.4, -0.2) is 27.8 Å². The Morgan fingerprint density at radius 2 is 2.04 bits per heavy atom. The van der Waals surface area contributed by atoms with Gasteiger partial charge in [0.2, 0.25) is 0 Å². The molecule has 0 aliphatic heterocycles. The predicted molar refractivity (Wildman–Crippen MR) is 118 cm³/mol. The maximum Gasteiger partial charge on any atom is 0.262 e. The minimum absolute atomic E-state index is 0.180. The van der Waals surface area contributed by atoms with Crippen molar-refractivity contribution in [3.8, 4) is 0 Å². The first-order valence-electron chi connectivity index (χ1n) is 8.85. The van der Waals surface area contributed by atoms with Crippen LogP contribution < -0.4 is 10.9 Å². The standard InChI is InChI=1S/C21H21N3O2S2/c1-3-11-24-20(26)17-9-6-15(13-18(17)23-21(24)27)19(25)22-10-12-28-16-7-4-14(2)5-8-16/h3-9,13H,1,10-12H2,2H3,(H,22,25)(H,23,27). The Bertz CT molecular complexity index is 1130. The van der Waals surface area contributed by atoms with E-state index in [-0.39, 0.29) is 11.5 Å². The first kappa shape index (κ1) is 20.1. The van der Waals surface area contributed by atoms with Crippen molar-refractivity contribution in [2.24, 2.45) is 0 Å². The molecule has 1 aromatic heterocycles. The van der Waals surface area contributed by atoms with E-state index in [1.165, 1.54) is 15.0 Å². The van der Waals surface area contributed by atoms with Crippen LogP contribution >= 0.6 is 24.0 Å². The SMILES string of the molecule is C=CCn1c(=S)[nH]c2cc(C(=O)NCCSc3ccc(C)cc3)ccc2c1=O. The highest BCUT2D eigenvalue weighted by molar-refractivity contribution is 7.99. The minimum atomic E-state index is -0.194. The predicted octanol–water partition coefficient (Wildman–Crippen LogP) is 4.08. The van der Waals surface area contributed by atoms with E-state index in [2.05, 4.69) is 48.1 Å². The third-order valence-electron chi connectivity index (χ3n) is 4.23. The maximum absolute atomic E-state index is 12.5. The molecular formula is C21H21N3O2S2. The number of allylic oxidation sites excluding steroid dienone is 1. The average Bonchev–Trinajstić information content (AvgIpc) is 2.69. The molecule has 2 aromatic carbocycles. The van der Waals surface area contributed by atoms with Crippen LogP contribution in [0, 0.1) is 11.7 Å². The van der Waals surface area contributed by atoms with Crippen LogP contribution in [0.4, 0.5) is 0 Å². The lowest BCUT2D eigenvalue weighted by atomic mass is 10.1. The van der Waals surface area contributed by atoms with Gasteiger partial charge in [-0.15, -0.1) is 18.3 Å². The van der Waals surface area contributed by atoms with Gasteiger partial charge in [0.05, 0.1) is 10.9 Å². The summed E-state index contributed by atoms with van der Waals surface area (Å²) in [4.78, 5) is 29.1. The molecule has 7 heteroatoms. The van der Waals surface area contributed by atoms with Crippen molar-refractivity contribution >= 4 is 40.8 Å². The van der Waals surface area contributed by atoms with Crippen LogP contribution in [0.3, 0.4) is 0 Å². The number of benzene rings is 2. The Morgan fingerprint density at radius 3 is 2.75 bits per heavy atom. The molecule has 0 saturated heterocycles. The summed E-state index contributed by atoms with van der Waals surface area (Å²) in [5.41, 5.74) is 2.07. The molecule has 0 saturated carbocycles. The van der Waals surface area contributed by atoms with Crippen LogP contribution in [0.25, 0.3) is 10.9 Å². The Labute approximate surface area is 172 Å². The monoisotopic (exact) mass is 411 g/mol. The highest BCUT2D eigenvalue weighted by atomic mass is 32.2. The molecule has 1 heterocycles. The second-order valence-corrected chi connectivity index (χ2v) is 7.87. The smallest absolute Gasteiger partial charge is 0.262 e. The van der Waals surface area contributed by atoms with Gasteiger partial charge < -0.3 is 10.3 Å². The number of nitrogens with one attached hydrogen (secondary N) is 2. The van der Waals surface area contributed by atoms with Gasteiger partial charge in [0.15, 0.2) is 4.77 Å². The Hall–Kier alpha value is -2.64. The fraction of sp³-hybridized carbons (Fsp3) is 0.190. The van der Waals surface area contributed by atoms with Crippen molar-refractivity contribution in [3.05, 3.63) is 81.4 Å². The van der Waals surface area contributed by atoms with Crippen molar-refractivity contribution in [2.45, 2.75) is 18.4 Å². The van der Waals surface area contributed by atoms with Crippen molar-refractivity contribution in [1.29, 1.82) is 0 Å². The number of amides is 1. The number of fused-ring (bicyclic) bond motifs is 1. The lowest BCUT2D eigenvalue weighted by Crippen LogP contribution is -2.26. The van der Waals surface area contributed by atoms with Crippen LogP contribution in [0.15, 0.2) is 64.8 Å². The van der Waals surface area contributed by atoms with Crippen molar-refractivity contribution in [1.82, 2.24) is 14.9 Å². The van der Waals surface area contributed by atoms with Crippen LogP contribution in [-0.2, 0) is 6.54 Å². The Kier molecular flexibility index (Phi) is 6.49. The van der Waals surface area contributed by atoms with Gasteiger partial charge in [-0.3, -0.25) is 14.2 Å². The van der Waals surface area contributed by atoms with Gasteiger partial charge in [0.1, 0.15) is 0 Å². The summed E-state index contributed by atoms with van der Waals surface area (Å²) < 4.78 is 1.75. The largest absolute Gasteiger partial charge is 0.351 e. The van der Waals surface area contributed by atoms with Crippen LogP contribution in [0.1, 0.15) is 15.9 Å². The van der Waals surface area contributed by atoms with Gasteiger partial charge in [-0.25, -0.2) is 0 Å². The molecule has 0 spiro atoms. The molecule has 5 nitrogen and oxygen atoms in total. The van der Waals surface area contributed by atoms with Crippen molar-refractivity contribution in [3.63, 3.8) is 0 Å². The number of aromatic nitrogens is 2. The fourth-order valence-corrected chi connectivity index (χ4v) is 3.80. The van der Waals surface area contributed by atoms with E-state index in [1.54, 1.807) is 36.0 Å². The molecule has 144 valence electrons. The zero-order valence-corrected chi connectivity index (χ0v) is 17.2. The van der Waals surface area contributed by atoms with Crippen LogP contribution in [0.5, 0.6) is 0 Å². The summed E-state index contributed by atoms with van der Waals surface area (Å²) in [5.74, 6) is 0.595. The maximum atomic E-state index is 12.5. The highest BCUT2D eigenvalue weighted by Gasteiger charge is 2.10. The molecule has 0 aliphatic carbocycles. The van der Waals surface area contributed by atoms with E-state index in [0.717, 1.165) is 5.75 Å². The average molecular weight is 412 g/mol. The van der Waals surface area contributed by atoms with Gasteiger partial charge in [-0.1, -0.05) is 23.8 Å². The van der Waals surface area contributed by atoms with Crippen molar-refractivity contribution in [2.75, 3.05) is 12.3 Å². The molecular weight excluding hydrogens is 390 g/mol. The summed E-state index contributed by atoms with van der Waals surface area (Å²) >= 11 is 6.93. The molecule has 1 amide bonds. The number of thioether (sulfide) groups is 1. The molecule has 0 atom stereocenters. The second kappa shape index (κ2) is 9.03. The number of hydrogen-bond acceptors (Lipinski definition) is 4. The molecule has 3 rings (SSSR count).